The van der Waals surface area contributed by atoms with E-state index in [-0.39, 0.29) is 18.1 Å². The van der Waals surface area contributed by atoms with Gasteiger partial charge < -0.3 is 25.0 Å². The van der Waals surface area contributed by atoms with Gasteiger partial charge in [0.1, 0.15) is 17.0 Å². The van der Waals surface area contributed by atoms with Gasteiger partial charge in [-0.15, -0.1) is 0 Å². The molecule has 0 saturated carbocycles. The fraction of sp³-hybridized carbons (Fsp3) is 0.472. The fourth-order valence-electron chi connectivity index (χ4n) is 5.02. The normalized spacial score (nSPS) is 14.4. The average molecular weight is 670 g/mol. The summed E-state index contributed by atoms with van der Waals surface area (Å²) < 4.78 is 36.9. The number of carbonyl (C=O) groups excluding carboxylic acids is 3. The van der Waals surface area contributed by atoms with Crippen LogP contribution in [-0.2, 0) is 25.1 Å². The van der Waals surface area contributed by atoms with Gasteiger partial charge in [-0.1, -0.05) is 18.2 Å². The Morgan fingerprint density at radius 3 is 2.04 bits per heavy atom. The molecule has 256 valence electrons. The summed E-state index contributed by atoms with van der Waals surface area (Å²) in [6, 6.07) is 12.0. The number of allylic oxidation sites excluding steroid dienone is 2. The summed E-state index contributed by atoms with van der Waals surface area (Å²) in [7, 11) is -1.08. The van der Waals surface area contributed by atoms with Crippen molar-refractivity contribution in [3.8, 4) is 0 Å². The first kappa shape index (κ1) is 37.5. The van der Waals surface area contributed by atoms with Gasteiger partial charge in [-0.2, -0.15) is 0 Å². The largest absolute Gasteiger partial charge is 0.444 e. The van der Waals surface area contributed by atoms with Crippen LogP contribution < -0.4 is 10.6 Å². The Kier molecular flexibility index (Phi) is 12.9. The number of ether oxygens (including phenoxy) is 2. The van der Waals surface area contributed by atoms with Gasteiger partial charge in [0.05, 0.1) is 6.42 Å². The third-order valence-corrected chi connectivity index (χ3v) is 8.10. The molecule has 0 aliphatic heterocycles. The fourth-order valence-corrected chi connectivity index (χ4v) is 5.54. The lowest BCUT2D eigenvalue weighted by molar-refractivity contribution is -0.120. The van der Waals surface area contributed by atoms with Gasteiger partial charge in [0.2, 0.25) is 5.91 Å². The number of fused-ring (bicyclic) bond motifs is 1. The molecule has 0 radical (unpaired) electrons. The number of nitrogens with zero attached hydrogens (tertiary/aromatic N) is 1. The molecule has 9 nitrogen and oxygen atoms in total. The highest BCUT2D eigenvalue weighted by molar-refractivity contribution is 7.84. The Hall–Kier alpha value is -3.99. The van der Waals surface area contributed by atoms with Crippen molar-refractivity contribution in [1.29, 1.82) is 0 Å². The minimum atomic E-state index is -1.08. The third kappa shape index (κ3) is 12.0. The highest BCUT2D eigenvalue weighted by Gasteiger charge is 2.26. The van der Waals surface area contributed by atoms with Crippen LogP contribution in [0.25, 0.3) is 17.2 Å². The van der Waals surface area contributed by atoms with Gasteiger partial charge >= 0.3 is 12.2 Å². The van der Waals surface area contributed by atoms with Crippen molar-refractivity contribution in [3.05, 3.63) is 70.5 Å². The Morgan fingerprint density at radius 2 is 1.47 bits per heavy atom. The molecule has 2 aromatic rings. The Labute approximate surface area is 280 Å². The van der Waals surface area contributed by atoms with Crippen LogP contribution in [0.15, 0.2) is 52.9 Å². The predicted molar refractivity (Wildman–Crippen MR) is 185 cm³/mol. The lowest BCUT2D eigenvalue weighted by Crippen LogP contribution is -2.40. The molecule has 0 bridgehead atoms. The van der Waals surface area contributed by atoms with Crippen LogP contribution >= 0.6 is 0 Å². The van der Waals surface area contributed by atoms with Crippen molar-refractivity contribution in [3.63, 3.8) is 0 Å². The van der Waals surface area contributed by atoms with E-state index in [1.165, 1.54) is 12.1 Å². The van der Waals surface area contributed by atoms with Crippen molar-refractivity contribution in [2.45, 2.75) is 83.8 Å². The minimum Gasteiger partial charge on any atom is -0.444 e. The van der Waals surface area contributed by atoms with Crippen LogP contribution in [0.1, 0.15) is 84.4 Å². The first-order chi connectivity index (χ1) is 21.9. The van der Waals surface area contributed by atoms with Gasteiger partial charge in [0.25, 0.3) is 0 Å². The molecule has 0 heterocycles. The number of amides is 3. The summed E-state index contributed by atoms with van der Waals surface area (Å²) in [6.45, 7) is 14.0. The monoisotopic (exact) mass is 669 g/mol. The van der Waals surface area contributed by atoms with Crippen LogP contribution in [0.2, 0.25) is 0 Å². The molecule has 0 saturated heterocycles. The van der Waals surface area contributed by atoms with Crippen LogP contribution in [0.5, 0.6) is 0 Å². The van der Waals surface area contributed by atoms with Crippen LogP contribution in [-0.4, -0.2) is 70.8 Å². The van der Waals surface area contributed by atoms with E-state index in [4.69, 9.17) is 9.47 Å². The standard InChI is InChI=1S/C36H48FN3O6S/c1-24-29(21-25-11-14-27(15-12-25)47(8)44)28-16-13-26(37)22-31(28)30(24)23-32(41)38-17-9-19-40(34(43)46-36(5,6)7)20-10-18-39-33(42)45-35(2,3)4/h11-16,21-22H,9-10,17-20,23H2,1-8H3,(H,38,41)(H,39,42)/b29-21+. The van der Waals surface area contributed by atoms with E-state index < -0.39 is 34.2 Å². The molecule has 1 unspecified atom stereocenters. The molecular weight excluding hydrogens is 621 g/mol. The molecule has 0 aromatic heterocycles. The topological polar surface area (TPSA) is 114 Å². The van der Waals surface area contributed by atoms with E-state index in [0.29, 0.717) is 44.6 Å². The second-order valence-electron chi connectivity index (χ2n) is 13.5. The predicted octanol–water partition coefficient (Wildman–Crippen LogP) is 6.94. The molecule has 1 aliphatic carbocycles. The molecular formula is C36H48FN3O6S. The number of benzene rings is 2. The maximum absolute atomic E-state index is 14.3. The zero-order chi connectivity index (χ0) is 34.9. The summed E-state index contributed by atoms with van der Waals surface area (Å²) in [5.41, 5.74) is 3.71. The highest BCUT2D eigenvalue weighted by atomic mass is 32.2. The van der Waals surface area contributed by atoms with Crippen molar-refractivity contribution in [2.75, 3.05) is 32.4 Å². The maximum atomic E-state index is 14.3. The molecule has 1 aliphatic rings. The van der Waals surface area contributed by atoms with E-state index in [0.717, 1.165) is 32.7 Å². The van der Waals surface area contributed by atoms with Gasteiger partial charge in [-0.05, 0) is 125 Å². The molecule has 0 fully saturated rings. The van der Waals surface area contributed by atoms with E-state index in [1.54, 1.807) is 58.8 Å². The van der Waals surface area contributed by atoms with E-state index in [1.807, 2.05) is 37.3 Å². The van der Waals surface area contributed by atoms with Crippen molar-refractivity contribution in [1.82, 2.24) is 15.5 Å². The number of rotatable bonds is 12. The zero-order valence-corrected chi connectivity index (χ0v) is 29.6. The highest BCUT2D eigenvalue weighted by Crippen LogP contribution is 2.43. The zero-order valence-electron chi connectivity index (χ0n) is 28.8. The lowest BCUT2D eigenvalue weighted by Gasteiger charge is -2.27. The first-order valence-corrected chi connectivity index (χ1v) is 17.4. The first-order valence-electron chi connectivity index (χ1n) is 15.8. The minimum absolute atomic E-state index is 0.0689. The second kappa shape index (κ2) is 16.2. The Balaban J connectivity index is 1.62. The van der Waals surface area contributed by atoms with Crippen molar-refractivity contribution in [2.24, 2.45) is 0 Å². The maximum Gasteiger partial charge on any atom is 0.410 e. The third-order valence-electron chi connectivity index (χ3n) is 7.17. The smallest absolute Gasteiger partial charge is 0.410 e. The van der Waals surface area contributed by atoms with Gasteiger partial charge in [0.15, 0.2) is 0 Å². The molecule has 11 heteroatoms. The number of alkyl carbamates (subject to hydrolysis) is 1. The van der Waals surface area contributed by atoms with Crippen molar-refractivity contribution >= 4 is 46.1 Å². The van der Waals surface area contributed by atoms with E-state index in [2.05, 4.69) is 10.6 Å². The Bertz CT molecular complexity index is 1540. The van der Waals surface area contributed by atoms with Crippen LogP contribution in [0.3, 0.4) is 0 Å². The summed E-state index contributed by atoms with van der Waals surface area (Å²) >= 11 is 0. The van der Waals surface area contributed by atoms with Crippen molar-refractivity contribution < 1.29 is 32.5 Å². The van der Waals surface area contributed by atoms with Gasteiger partial charge in [-0.25, -0.2) is 14.0 Å². The molecule has 3 rings (SSSR count). The number of nitrogens with one attached hydrogen (secondary N) is 2. The molecule has 2 aromatic carbocycles. The number of carbonyl (C=O) groups is 3. The summed E-state index contributed by atoms with van der Waals surface area (Å²) in [5, 5.41) is 5.63. The van der Waals surface area contributed by atoms with Crippen LogP contribution in [0, 0.1) is 5.82 Å². The second-order valence-corrected chi connectivity index (χ2v) is 14.9. The van der Waals surface area contributed by atoms with Gasteiger partial charge in [0, 0.05) is 48.1 Å². The summed E-state index contributed by atoms with van der Waals surface area (Å²) in [6.07, 6.45) is 3.68. The molecule has 1 atom stereocenters. The Morgan fingerprint density at radius 1 is 0.872 bits per heavy atom. The summed E-state index contributed by atoms with van der Waals surface area (Å²) in [4.78, 5) is 40.2. The average Bonchev–Trinajstić information content (AvgIpc) is 3.19. The number of halogens is 1. The quantitative estimate of drug-likeness (QED) is 0.237. The SMILES string of the molecule is CC1=C(CC(=O)NCCCN(CCCNC(=O)OC(C)(C)C)C(=O)OC(C)(C)C)c2cc(F)ccc2/C1=C/c1ccc(S(C)=O)cc1. The molecule has 3 amide bonds. The molecule has 2 N–H and O–H groups in total. The summed E-state index contributed by atoms with van der Waals surface area (Å²) in [5.74, 6) is -0.593. The number of hydrogen-bond acceptors (Lipinski definition) is 6. The van der Waals surface area contributed by atoms with E-state index in [9.17, 15) is 23.0 Å². The van der Waals surface area contributed by atoms with Crippen LogP contribution in [0.4, 0.5) is 14.0 Å². The lowest BCUT2D eigenvalue weighted by atomic mass is 10.0. The molecule has 47 heavy (non-hydrogen) atoms. The molecule has 0 spiro atoms. The van der Waals surface area contributed by atoms with Gasteiger partial charge in [-0.3, -0.25) is 9.00 Å². The van der Waals surface area contributed by atoms with E-state index >= 15 is 0 Å². The number of hydrogen-bond donors (Lipinski definition) is 2.